The minimum atomic E-state index is -0.273. The number of aromatic amines is 1. The summed E-state index contributed by atoms with van der Waals surface area (Å²) < 4.78 is 4.97. The number of fused-ring (bicyclic) bond motifs is 1. The molecule has 22 heavy (non-hydrogen) atoms. The van der Waals surface area contributed by atoms with Crippen molar-refractivity contribution in [3.05, 3.63) is 47.8 Å². The van der Waals surface area contributed by atoms with Crippen LogP contribution in [0.2, 0.25) is 0 Å². The van der Waals surface area contributed by atoms with E-state index in [0.717, 1.165) is 37.0 Å². The Bertz CT molecular complexity index is 643. The number of allylic oxidation sites excluding steroid dienone is 1. The van der Waals surface area contributed by atoms with Gasteiger partial charge in [-0.1, -0.05) is 31.5 Å². The molecule has 0 unspecified atom stereocenters. The second-order valence-electron chi connectivity index (χ2n) is 5.21. The average molecular weight is 300 g/mol. The monoisotopic (exact) mass is 300 g/mol. The van der Waals surface area contributed by atoms with Crippen molar-refractivity contribution in [2.75, 3.05) is 13.2 Å². The molecule has 4 heteroatoms. The summed E-state index contributed by atoms with van der Waals surface area (Å²) in [4.78, 5) is 14.8. The van der Waals surface area contributed by atoms with Crippen molar-refractivity contribution in [2.45, 2.75) is 33.1 Å². The minimum Gasteiger partial charge on any atom is -0.463 e. The summed E-state index contributed by atoms with van der Waals surface area (Å²) in [6.45, 7) is 5.12. The van der Waals surface area contributed by atoms with Crippen LogP contribution in [0.5, 0.6) is 0 Å². The number of benzene rings is 1. The van der Waals surface area contributed by atoms with E-state index in [1.54, 1.807) is 6.08 Å². The van der Waals surface area contributed by atoms with Gasteiger partial charge in [-0.05, 0) is 31.4 Å². The van der Waals surface area contributed by atoms with Crippen molar-refractivity contribution in [3.63, 3.8) is 0 Å². The number of nitrogens with one attached hydrogen (secondary N) is 2. The number of carbonyl (C=O) groups is 1. The van der Waals surface area contributed by atoms with Gasteiger partial charge in [-0.2, -0.15) is 0 Å². The molecule has 0 radical (unpaired) electrons. The molecule has 1 heterocycles. The Morgan fingerprint density at radius 3 is 2.91 bits per heavy atom. The van der Waals surface area contributed by atoms with Gasteiger partial charge in [0.25, 0.3) is 0 Å². The maximum absolute atomic E-state index is 11.6. The molecule has 0 bridgehead atoms. The van der Waals surface area contributed by atoms with Crippen molar-refractivity contribution in [1.82, 2.24) is 10.3 Å². The molecule has 0 atom stereocenters. The Morgan fingerprint density at radius 1 is 1.32 bits per heavy atom. The van der Waals surface area contributed by atoms with E-state index in [0.29, 0.717) is 6.61 Å². The first-order valence-corrected chi connectivity index (χ1v) is 7.90. The molecule has 0 spiro atoms. The fourth-order valence-electron chi connectivity index (χ4n) is 2.50. The number of para-hydroxylation sites is 1. The molecule has 0 aliphatic heterocycles. The van der Waals surface area contributed by atoms with Gasteiger partial charge in [-0.15, -0.1) is 0 Å². The predicted octanol–water partition coefficient (Wildman–Crippen LogP) is 3.55. The van der Waals surface area contributed by atoms with Gasteiger partial charge >= 0.3 is 5.97 Å². The lowest BCUT2D eigenvalue weighted by Crippen LogP contribution is -2.18. The summed E-state index contributed by atoms with van der Waals surface area (Å²) in [6, 6.07) is 8.29. The van der Waals surface area contributed by atoms with E-state index in [-0.39, 0.29) is 5.97 Å². The summed E-state index contributed by atoms with van der Waals surface area (Å²) in [5, 5.41) is 4.62. The first-order valence-electron chi connectivity index (χ1n) is 7.90. The van der Waals surface area contributed by atoms with Crippen molar-refractivity contribution < 1.29 is 9.53 Å². The fraction of sp³-hybridized carbons (Fsp3) is 0.389. The SMILES string of the molecule is CCC/C(=C\C(=O)OCC)NCCc1c[nH]c2ccccc12. The number of ether oxygens (including phenoxy) is 1. The van der Waals surface area contributed by atoms with Crippen LogP contribution in [0.1, 0.15) is 32.3 Å². The molecular weight excluding hydrogens is 276 g/mol. The van der Waals surface area contributed by atoms with Crippen molar-refractivity contribution in [3.8, 4) is 0 Å². The zero-order valence-corrected chi connectivity index (χ0v) is 13.3. The van der Waals surface area contributed by atoms with E-state index < -0.39 is 0 Å². The highest BCUT2D eigenvalue weighted by Crippen LogP contribution is 2.17. The van der Waals surface area contributed by atoms with Crippen LogP contribution in [0, 0.1) is 0 Å². The van der Waals surface area contributed by atoms with Crippen molar-refractivity contribution in [2.24, 2.45) is 0 Å². The van der Waals surface area contributed by atoms with E-state index in [1.807, 2.05) is 13.0 Å². The maximum Gasteiger partial charge on any atom is 0.332 e. The van der Waals surface area contributed by atoms with Gasteiger partial charge in [-0.25, -0.2) is 4.79 Å². The number of aromatic nitrogens is 1. The standard InChI is InChI=1S/C18H24N2O2/c1-3-7-15(12-18(21)22-4-2)19-11-10-14-13-20-17-9-6-5-8-16(14)17/h5-6,8-9,12-13,19-20H,3-4,7,10-11H2,1-2H3/b15-12+. The summed E-state index contributed by atoms with van der Waals surface area (Å²) in [5.41, 5.74) is 3.39. The number of H-pyrrole nitrogens is 1. The van der Waals surface area contributed by atoms with Gasteiger partial charge in [0.05, 0.1) is 6.61 Å². The fourth-order valence-corrected chi connectivity index (χ4v) is 2.50. The molecule has 0 saturated carbocycles. The lowest BCUT2D eigenvalue weighted by molar-refractivity contribution is -0.137. The van der Waals surface area contributed by atoms with Crippen LogP contribution in [-0.4, -0.2) is 24.1 Å². The normalized spacial score (nSPS) is 11.6. The lowest BCUT2D eigenvalue weighted by Gasteiger charge is -2.10. The third kappa shape index (κ3) is 4.38. The van der Waals surface area contributed by atoms with E-state index in [9.17, 15) is 4.79 Å². The first-order chi connectivity index (χ1) is 10.7. The number of hydrogen-bond acceptors (Lipinski definition) is 3. The third-order valence-corrected chi connectivity index (χ3v) is 3.52. The Labute approximate surface area is 131 Å². The van der Waals surface area contributed by atoms with Crippen LogP contribution >= 0.6 is 0 Å². The van der Waals surface area contributed by atoms with Gasteiger partial charge in [0, 0.05) is 35.4 Å². The van der Waals surface area contributed by atoms with Crippen LogP contribution in [0.4, 0.5) is 0 Å². The van der Waals surface area contributed by atoms with Gasteiger partial charge in [-0.3, -0.25) is 0 Å². The second kappa shape index (κ2) is 8.27. The van der Waals surface area contributed by atoms with Crippen LogP contribution < -0.4 is 5.32 Å². The molecule has 2 N–H and O–H groups in total. The topological polar surface area (TPSA) is 54.1 Å². The Hall–Kier alpha value is -2.23. The van der Waals surface area contributed by atoms with Crippen LogP contribution in [0.3, 0.4) is 0 Å². The van der Waals surface area contributed by atoms with E-state index in [1.165, 1.54) is 10.9 Å². The second-order valence-corrected chi connectivity index (χ2v) is 5.21. The summed E-state index contributed by atoms with van der Waals surface area (Å²) >= 11 is 0. The first kappa shape index (κ1) is 16.1. The molecule has 0 amide bonds. The molecule has 0 aliphatic rings. The molecule has 4 nitrogen and oxygen atoms in total. The van der Waals surface area contributed by atoms with Crippen LogP contribution in [0.25, 0.3) is 10.9 Å². The number of hydrogen-bond donors (Lipinski definition) is 2. The van der Waals surface area contributed by atoms with Crippen LogP contribution in [0.15, 0.2) is 42.2 Å². The zero-order chi connectivity index (χ0) is 15.8. The van der Waals surface area contributed by atoms with Crippen molar-refractivity contribution in [1.29, 1.82) is 0 Å². The zero-order valence-electron chi connectivity index (χ0n) is 13.3. The molecular formula is C18H24N2O2. The molecule has 1 aromatic carbocycles. The Kier molecular flexibility index (Phi) is 6.07. The summed E-state index contributed by atoms with van der Waals surface area (Å²) in [6.07, 6.45) is 6.38. The molecule has 118 valence electrons. The van der Waals surface area contributed by atoms with Gasteiger partial charge in [0.2, 0.25) is 0 Å². The van der Waals surface area contributed by atoms with E-state index in [4.69, 9.17) is 4.74 Å². The van der Waals surface area contributed by atoms with E-state index >= 15 is 0 Å². The third-order valence-electron chi connectivity index (χ3n) is 3.52. The van der Waals surface area contributed by atoms with Gasteiger partial charge in [0.15, 0.2) is 0 Å². The largest absolute Gasteiger partial charge is 0.463 e. The number of carbonyl (C=O) groups excluding carboxylic acids is 1. The summed E-state index contributed by atoms with van der Waals surface area (Å²) in [7, 11) is 0. The Morgan fingerprint density at radius 2 is 2.14 bits per heavy atom. The molecule has 2 rings (SSSR count). The summed E-state index contributed by atoms with van der Waals surface area (Å²) in [5.74, 6) is -0.273. The van der Waals surface area contributed by atoms with Crippen molar-refractivity contribution >= 4 is 16.9 Å². The number of esters is 1. The van der Waals surface area contributed by atoms with Gasteiger partial charge < -0.3 is 15.0 Å². The molecule has 0 saturated heterocycles. The number of rotatable bonds is 8. The molecule has 0 aliphatic carbocycles. The predicted molar refractivity (Wildman–Crippen MR) is 89.6 cm³/mol. The highest BCUT2D eigenvalue weighted by molar-refractivity contribution is 5.83. The highest BCUT2D eigenvalue weighted by Gasteiger charge is 2.05. The highest BCUT2D eigenvalue weighted by atomic mass is 16.5. The minimum absolute atomic E-state index is 0.273. The van der Waals surface area contributed by atoms with Crippen LogP contribution in [-0.2, 0) is 16.0 Å². The molecule has 2 aromatic rings. The van der Waals surface area contributed by atoms with Gasteiger partial charge in [0.1, 0.15) is 0 Å². The lowest BCUT2D eigenvalue weighted by atomic mass is 10.1. The maximum atomic E-state index is 11.6. The van der Waals surface area contributed by atoms with E-state index in [2.05, 4.69) is 41.6 Å². The Balaban J connectivity index is 1.94. The quantitative estimate of drug-likeness (QED) is 0.579. The molecule has 0 fully saturated rings. The average Bonchev–Trinajstić information content (AvgIpc) is 2.91. The molecule has 1 aromatic heterocycles. The smallest absolute Gasteiger partial charge is 0.332 e.